The first-order valence-corrected chi connectivity index (χ1v) is 13.3. The normalized spacial score (nSPS) is 15.1. The summed E-state index contributed by atoms with van der Waals surface area (Å²) in [7, 11) is 1.94. The molecule has 1 aliphatic carbocycles. The lowest BCUT2D eigenvalue weighted by molar-refractivity contribution is 0.419. The minimum atomic E-state index is 0.110. The largest absolute Gasteiger partial charge is 0.330 e. The third-order valence-electron chi connectivity index (χ3n) is 6.39. The first kappa shape index (κ1) is 31.6. The summed E-state index contributed by atoms with van der Waals surface area (Å²) in [5.74, 6) is 1.15. The Morgan fingerprint density at radius 3 is 2.03 bits per heavy atom. The van der Waals surface area contributed by atoms with E-state index in [1.54, 1.807) is 0 Å². The highest BCUT2D eigenvalue weighted by Gasteiger charge is 2.39. The van der Waals surface area contributed by atoms with Crippen LogP contribution in [0.5, 0.6) is 0 Å². The smallest absolute Gasteiger partial charge is 0.104 e. The van der Waals surface area contributed by atoms with Crippen molar-refractivity contribution >= 4 is 11.4 Å². The molecule has 1 aliphatic rings. The average molecular weight is 465 g/mol. The second-order valence-electron chi connectivity index (χ2n) is 8.80. The molecule has 2 nitrogen and oxygen atoms in total. The lowest BCUT2D eigenvalue weighted by Gasteiger charge is -2.37. The van der Waals surface area contributed by atoms with Gasteiger partial charge in [-0.3, -0.25) is 4.99 Å². The molecular formula is C32H52N2. The summed E-state index contributed by atoms with van der Waals surface area (Å²) >= 11 is 0. The van der Waals surface area contributed by atoms with Crippen LogP contribution in [0.1, 0.15) is 105 Å². The van der Waals surface area contributed by atoms with E-state index in [1.807, 2.05) is 40.8 Å². The standard InChI is InChI=1S/C28H40N2.2C2H6/c1-9-19-30(27(22(5)6)23(7)10-2)26(29-8)20-28(17-13-14-18-28)25-16-12-11-15-24(25)21(3)4;2*1-2/h10-12,15-16H,2-3,5,9,13-14,17-20H2,1,4,6-8H3;2*1-2H3/b27-23-,29-26?;;. The Hall–Kier alpha value is -2.35. The van der Waals surface area contributed by atoms with Crippen molar-refractivity contribution in [1.29, 1.82) is 0 Å². The van der Waals surface area contributed by atoms with Crippen molar-refractivity contribution in [3.63, 3.8) is 0 Å². The predicted molar refractivity (Wildman–Crippen MR) is 157 cm³/mol. The van der Waals surface area contributed by atoms with Gasteiger partial charge in [0.25, 0.3) is 0 Å². The fourth-order valence-corrected chi connectivity index (χ4v) is 4.98. The van der Waals surface area contributed by atoms with E-state index in [4.69, 9.17) is 4.99 Å². The van der Waals surface area contributed by atoms with E-state index in [0.717, 1.165) is 47.6 Å². The fourth-order valence-electron chi connectivity index (χ4n) is 4.98. The van der Waals surface area contributed by atoms with Gasteiger partial charge >= 0.3 is 0 Å². The highest BCUT2D eigenvalue weighted by Crippen LogP contribution is 2.47. The van der Waals surface area contributed by atoms with Gasteiger partial charge < -0.3 is 4.90 Å². The zero-order chi connectivity index (χ0) is 26.3. The summed E-state index contributed by atoms with van der Waals surface area (Å²) < 4.78 is 0. The lowest BCUT2D eigenvalue weighted by atomic mass is 9.72. The minimum Gasteiger partial charge on any atom is -0.330 e. The molecule has 0 heterocycles. The molecule has 0 amide bonds. The summed E-state index contributed by atoms with van der Waals surface area (Å²) in [6.07, 6.45) is 8.85. The molecular weight excluding hydrogens is 412 g/mol. The Labute approximate surface area is 212 Å². The van der Waals surface area contributed by atoms with Gasteiger partial charge in [0, 0.05) is 31.1 Å². The number of aliphatic imine (C=N–C) groups is 1. The van der Waals surface area contributed by atoms with Gasteiger partial charge in [0.15, 0.2) is 0 Å². The molecule has 34 heavy (non-hydrogen) atoms. The van der Waals surface area contributed by atoms with E-state index in [2.05, 4.69) is 76.6 Å². The maximum absolute atomic E-state index is 4.85. The lowest BCUT2D eigenvalue weighted by Crippen LogP contribution is -2.38. The van der Waals surface area contributed by atoms with Crippen LogP contribution in [-0.2, 0) is 5.41 Å². The first-order valence-electron chi connectivity index (χ1n) is 13.3. The number of benzene rings is 1. The van der Waals surface area contributed by atoms with Crippen molar-refractivity contribution in [2.75, 3.05) is 13.6 Å². The van der Waals surface area contributed by atoms with Gasteiger partial charge in [0.1, 0.15) is 5.84 Å². The van der Waals surface area contributed by atoms with E-state index < -0.39 is 0 Å². The molecule has 0 atom stereocenters. The summed E-state index contributed by atoms with van der Waals surface area (Å²) in [6, 6.07) is 8.85. The van der Waals surface area contributed by atoms with Crippen molar-refractivity contribution in [2.45, 2.75) is 99.3 Å². The van der Waals surface area contributed by atoms with Gasteiger partial charge in [0.05, 0.1) is 0 Å². The van der Waals surface area contributed by atoms with Gasteiger partial charge in [0.2, 0.25) is 0 Å². The number of allylic oxidation sites excluding steroid dienone is 4. The van der Waals surface area contributed by atoms with Crippen LogP contribution < -0.4 is 0 Å². The third kappa shape index (κ3) is 7.86. The summed E-state index contributed by atoms with van der Waals surface area (Å²) in [5, 5.41) is 0. The molecule has 190 valence electrons. The SMILES string of the molecule is C=C/C(C)=C(/C(=C)C)N(CCC)C(CC1(c2ccccc2C(=C)C)CCCC1)=NC.CC.CC. The third-order valence-corrected chi connectivity index (χ3v) is 6.39. The molecule has 2 rings (SSSR count). The van der Waals surface area contributed by atoms with Crippen molar-refractivity contribution < 1.29 is 0 Å². The van der Waals surface area contributed by atoms with Crippen LogP contribution in [0.2, 0.25) is 0 Å². The van der Waals surface area contributed by atoms with E-state index in [-0.39, 0.29) is 5.41 Å². The predicted octanol–water partition coefficient (Wildman–Crippen LogP) is 9.75. The van der Waals surface area contributed by atoms with E-state index in [9.17, 15) is 0 Å². The van der Waals surface area contributed by atoms with Crippen molar-refractivity contribution in [2.24, 2.45) is 4.99 Å². The molecule has 1 aromatic rings. The monoisotopic (exact) mass is 464 g/mol. The molecule has 0 unspecified atom stereocenters. The van der Waals surface area contributed by atoms with Crippen LogP contribution in [0.25, 0.3) is 5.57 Å². The van der Waals surface area contributed by atoms with Crippen LogP contribution in [0, 0.1) is 0 Å². The molecule has 0 bridgehead atoms. The van der Waals surface area contributed by atoms with E-state index >= 15 is 0 Å². The average Bonchev–Trinajstić information content (AvgIpc) is 3.34. The van der Waals surface area contributed by atoms with Gasteiger partial charge in [-0.2, -0.15) is 0 Å². The molecule has 0 saturated heterocycles. The van der Waals surface area contributed by atoms with Crippen molar-refractivity contribution in [1.82, 2.24) is 4.90 Å². The molecule has 0 aromatic heterocycles. The topological polar surface area (TPSA) is 15.6 Å². The Morgan fingerprint density at radius 1 is 1.03 bits per heavy atom. The van der Waals surface area contributed by atoms with Crippen LogP contribution in [0.3, 0.4) is 0 Å². The van der Waals surface area contributed by atoms with Crippen LogP contribution in [-0.4, -0.2) is 24.3 Å². The molecule has 1 fully saturated rings. The molecule has 0 radical (unpaired) electrons. The summed E-state index contributed by atoms with van der Waals surface area (Å²) in [6.45, 7) is 30.0. The highest BCUT2D eigenvalue weighted by molar-refractivity contribution is 5.86. The molecule has 1 saturated carbocycles. The number of nitrogens with zero attached hydrogens (tertiary/aromatic N) is 2. The summed E-state index contributed by atoms with van der Waals surface area (Å²) in [4.78, 5) is 7.24. The molecule has 0 N–H and O–H groups in total. The zero-order valence-corrected chi connectivity index (χ0v) is 23.9. The maximum Gasteiger partial charge on any atom is 0.104 e. The quantitative estimate of drug-likeness (QED) is 0.202. The first-order chi connectivity index (χ1) is 16.3. The number of amidine groups is 1. The molecule has 1 aromatic carbocycles. The van der Waals surface area contributed by atoms with Crippen LogP contribution >= 0.6 is 0 Å². The second-order valence-corrected chi connectivity index (χ2v) is 8.80. The fraction of sp³-hybridized carbons (Fsp3) is 0.531. The number of hydrogen-bond donors (Lipinski definition) is 0. The Bertz CT molecular complexity index is 848. The van der Waals surface area contributed by atoms with Crippen LogP contribution in [0.15, 0.2) is 71.9 Å². The Kier molecular flexibility index (Phi) is 15.2. The number of rotatable bonds is 9. The van der Waals surface area contributed by atoms with Crippen molar-refractivity contribution in [3.05, 3.63) is 78.0 Å². The van der Waals surface area contributed by atoms with E-state index in [1.165, 1.54) is 36.8 Å². The maximum atomic E-state index is 4.85. The van der Waals surface area contributed by atoms with Crippen molar-refractivity contribution in [3.8, 4) is 0 Å². The summed E-state index contributed by atoms with van der Waals surface area (Å²) in [5.41, 5.74) is 7.36. The molecule has 0 spiro atoms. The van der Waals surface area contributed by atoms with Gasteiger partial charge in [-0.15, -0.1) is 0 Å². The van der Waals surface area contributed by atoms with Gasteiger partial charge in [-0.1, -0.05) is 103 Å². The zero-order valence-electron chi connectivity index (χ0n) is 23.9. The molecule has 0 aliphatic heterocycles. The van der Waals surface area contributed by atoms with Crippen LogP contribution in [0.4, 0.5) is 0 Å². The van der Waals surface area contributed by atoms with Gasteiger partial charge in [-0.25, -0.2) is 0 Å². The second kappa shape index (κ2) is 16.3. The Morgan fingerprint density at radius 2 is 1.59 bits per heavy atom. The Balaban J connectivity index is 0.00000258. The highest BCUT2D eigenvalue weighted by atomic mass is 15.2. The minimum absolute atomic E-state index is 0.110. The van der Waals surface area contributed by atoms with Gasteiger partial charge in [-0.05, 0) is 62.3 Å². The number of hydrogen-bond acceptors (Lipinski definition) is 1. The molecule has 2 heteroatoms. The van der Waals surface area contributed by atoms with E-state index in [0.29, 0.717) is 0 Å².